The summed E-state index contributed by atoms with van der Waals surface area (Å²) in [5.74, 6) is 2.13. The highest BCUT2D eigenvalue weighted by Gasteiger charge is 2.18. The Hall–Kier alpha value is -1.81. The molecule has 0 radical (unpaired) electrons. The van der Waals surface area contributed by atoms with Crippen molar-refractivity contribution >= 4 is 0 Å². The summed E-state index contributed by atoms with van der Waals surface area (Å²) < 4.78 is 7.37. The third kappa shape index (κ3) is 2.85. The van der Waals surface area contributed by atoms with Gasteiger partial charge in [0.25, 0.3) is 0 Å². The fraction of sp³-hybridized carbons (Fsp3) is 0.438. The van der Waals surface area contributed by atoms with Crippen LogP contribution in [0.2, 0.25) is 0 Å². The Morgan fingerprint density at radius 1 is 1.25 bits per heavy atom. The van der Waals surface area contributed by atoms with Crippen molar-refractivity contribution in [3.63, 3.8) is 0 Å². The molecule has 1 N–H and O–H groups in total. The average molecular weight is 274 g/mol. The lowest BCUT2D eigenvalue weighted by Crippen LogP contribution is -2.08. The molecule has 0 saturated carbocycles. The first-order valence-electron chi connectivity index (χ1n) is 6.97. The second-order valence-corrected chi connectivity index (χ2v) is 5.16. The van der Waals surface area contributed by atoms with Crippen LogP contribution in [0.4, 0.5) is 0 Å². The highest BCUT2D eigenvalue weighted by Crippen LogP contribution is 2.25. The second-order valence-electron chi connectivity index (χ2n) is 5.16. The zero-order valence-corrected chi connectivity index (χ0v) is 12.5. The van der Waals surface area contributed by atoms with Gasteiger partial charge in [-0.3, -0.25) is 0 Å². The van der Waals surface area contributed by atoms with Gasteiger partial charge >= 0.3 is 0 Å². The molecule has 4 heteroatoms. The standard InChI is InChI=1S/C16H22N2O2/c1-5-20-13-8-6-12(7-9-13)15(19)14-10-17-16(11(2)3)18(14)4/h6-11,15,19H,5H2,1-4H3/t15-/m1/s1. The Morgan fingerprint density at radius 2 is 1.90 bits per heavy atom. The van der Waals surface area contributed by atoms with E-state index in [4.69, 9.17) is 4.74 Å². The summed E-state index contributed by atoms with van der Waals surface area (Å²) in [7, 11) is 1.94. The number of aromatic nitrogens is 2. The van der Waals surface area contributed by atoms with Gasteiger partial charge in [0.2, 0.25) is 0 Å². The maximum atomic E-state index is 10.5. The fourth-order valence-electron chi connectivity index (χ4n) is 2.31. The zero-order chi connectivity index (χ0) is 14.7. The smallest absolute Gasteiger partial charge is 0.121 e. The highest BCUT2D eigenvalue weighted by molar-refractivity contribution is 5.32. The number of ether oxygens (including phenoxy) is 1. The number of aliphatic hydroxyl groups excluding tert-OH is 1. The molecule has 1 atom stereocenters. The topological polar surface area (TPSA) is 47.3 Å². The highest BCUT2D eigenvalue weighted by atomic mass is 16.5. The van der Waals surface area contributed by atoms with E-state index in [1.165, 1.54) is 0 Å². The van der Waals surface area contributed by atoms with Gasteiger partial charge in [0, 0.05) is 13.0 Å². The maximum Gasteiger partial charge on any atom is 0.121 e. The third-order valence-corrected chi connectivity index (χ3v) is 3.36. The van der Waals surface area contributed by atoms with Crippen molar-refractivity contribution in [2.45, 2.75) is 32.8 Å². The number of imidazole rings is 1. The molecule has 0 bridgehead atoms. The molecule has 0 fully saturated rings. The van der Waals surface area contributed by atoms with E-state index in [0.29, 0.717) is 12.5 Å². The van der Waals surface area contributed by atoms with Crippen molar-refractivity contribution in [2.75, 3.05) is 6.61 Å². The van der Waals surface area contributed by atoms with Crippen molar-refractivity contribution in [1.82, 2.24) is 9.55 Å². The summed E-state index contributed by atoms with van der Waals surface area (Å²) in [5.41, 5.74) is 1.64. The predicted molar refractivity (Wildman–Crippen MR) is 79.0 cm³/mol. The molecule has 0 amide bonds. The molecule has 2 aromatic rings. The van der Waals surface area contributed by atoms with Gasteiger partial charge in [-0.25, -0.2) is 4.98 Å². The molecule has 0 saturated heterocycles. The van der Waals surface area contributed by atoms with Crippen LogP contribution in [0.5, 0.6) is 5.75 Å². The average Bonchev–Trinajstić information content (AvgIpc) is 2.81. The minimum Gasteiger partial charge on any atom is -0.494 e. The molecule has 108 valence electrons. The van der Waals surface area contributed by atoms with Gasteiger partial charge in [-0.05, 0) is 24.6 Å². The van der Waals surface area contributed by atoms with Crippen molar-refractivity contribution in [2.24, 2.45) is 7.05 Å². The number of hydrogen-bond donors (Lipinski definition) is 1. The van der Waals surface area contributed by atoms with E-state index in [2.05, 4.69) is 18.8 Å². The van der Waals surface area contributed by atoms with Crippen LogP contribution in [-0.4, -0.2) is 21.3 Å². The van der Waals surface area contributed by atoms with E-state index < -0.39 is 6.10 Å². The molecule has 0 aliphatic carbocycles. The quantitative estimate of drug-likeness (QED) is 0.911. The van der Waals surface area contributed by atoms with E-state index in [1.807, 2.05) is 42.8 Å². The number of hydrogen-bond acceptors (Lipinski definition) is 3. The summed E-state index contributed by atoms with van der Waals surface area (Å²) >= 11 is 0. The summed E-state index contributed by atoms with van der Waals surface area (Å²) in [5, 5.41) is 10.5. The number of nitrogens with zero attached hydrogens (tertiary/aromatic N) is 2. The lowest BCUT2D eigenvalue weighted by Gasteiger charge is -2.14. The van der Waals surface area contributed by atoms with Gasteiger partial charge in [-0.15, -0.1) is 0 Å². The lowest BCUT2D eigenvalue weighted by molar-refractivity contribution is 0.211. The molecule has 0 aliphatic rings. The largest absolute Gasteiger partial charge is 0.494 e. The molecule has 20 heavy (non-hydrogen) atoms. The first kappa shape index (κ1) is 14.6. The van der Waals surface area contributed by atoms with Crippen LogP contribution >= 0.6 is 0 Å². The first-order valence-corrected chi connectivity index (χ1v) is 6.97. The van der Waals surface area contributed by atoms with Gasteiger partial charge in [0.1, 0.15) is 17.7 Å². The molecule has 0 unspecified atom stereocenters. The maximum absolute atomic E-state index is 10.5. The predicted octanol–water partition coefficient (Wildman–Crippen LogP) is 3.02. The number of rotatable bonds is 5. The van der Waals surface area contributed by atoms with Crippen LogP contribution in [0.15, 0.2) is 30.5 Å². The lowest BCUT2D eigenvalue weighted by atomic mass is 10.1. The summed E-state index contributed by atoms with van der Waals surface area (Å²) in [4.78, 5) is 4.39. The molecule has 1 heterocycles. The number of aliphatic hydroxyl groups is 1. The minimum absolute atomic E-state index is 0.335. The van der Waals surface area contributed by atoms with E-state index in [9.17, 15) is 5.11 Å². The molecular weight excluding hydrogens is 252 g/mol. The second kappa shape index (κ2) is 6.09. The van der Waals surface area contributed by atoms with Gasteiger partial charge < -0.3 is 14.4 Å². The molecule has 1 aromatic heterocycles. The Bertz CT molecular complexity index is 558. The first-order chi connectivity index (χ1) is 9.54. The molecule has 0 spiro atoms. The molecule has 0 aliphatic heterocycles. The monoisotopic (exact) mass is 274 g/mol. The Labute approximate surface area is 120 Å². The molecule has 4 nitrogen and oxygen atoms in total. The van der Waals surface area contributed by atoms with Crippen molar-refractivity contribution in [3.05, 3.63) is 47.5 Å². The summed E-state index contributed by atoms with van der Waals surface area (Å²) in [6.07, 6.45) is 1.08. The van der Waals surface area contributed by atoms with Gasteiger partial charge in [0.15, 0.2) is 0 Å². The normalized spacial score (nSPS) is 12.7. The van der Waals surface area contributed by atoms with Gasteiger partial charge in [-0.2, -0.15) is 0 Å². The van der Waals surface area contributed by atoms with E-state index >= 15 is 0 Å². The van der Waals surface area contributed by atoms with E-state index in [-0.39, 0.29) is 0 Å². The Morgan fingerprint density at radius 3 is 2.40 bits per heavy atom. The third-order valence-electron chi connectivity index (χ3n) is 3.36. The van der Waals surface area contributed by atoms with Crippen LogP contribution in [0.3, 0.4) is 0 Å². The van der Waals surface area contributed by atoms with Crippen molar-refractivity contribution in [3.8, 4) is 5.75 Å². The van der Waals surface area contributed by atoms with Gasteiger partial charge in [-0.1, -0.05) is 26.0 Å². The van der Waals surface area contributed by atoms with E-state index in [1.54, 1.807) is 6.20 Å². The van der Waals surface area contributed by atoms with Crippen molar-refractivity contribution in [1.29, 1.82) is 0 Å². The zero-order valence-electron chi connectivity index (χ0n) is 12.5. The molecular formula is C16H22N2O2. The summed E-state index contributed by atoms with van der Waals surface area (Å²) in [6.45, 7) is 6.78. The van der Waals surface area contributed by atoms with Crippen LogP contribution in [-0.2, 0) is 7.05 Å². The van der Waals surface area contributed by atoms with E-state index in [0.717, 1.165) is 22.8 Å². The van der Waals surface area contributed by atoms with Crippen LogP contribution in [0, 0.1) is 0 Å². The SMILES string of the molecule is CCOc1ccc([C@@H](O)c2cnc(C(C)C)n2C)cc1. The van der Waals surface area contributed by atoms with Crippen LogP contribution < -0.4 is 4.74 Å². The number of benzene rings is 1. The molecule has 2 rings (SSSR count). The fourth-order valence-corrected chi connectivity index (χ4v) is 2.31. The Balaban J connectivity index is 2.24. The van der Waals surface area contributed by atoms with Crippen molar-refractivity contribution < 1.29 is 9.84 Å². The Kier molecular flexibility index (Phi) is 4.45. The minimum atomic E-state index is -0.671. The van der Waals surface area contributed by atoms with Crippen LogP contribution in [0.1, 0.15) is 49.9 Å². The molecule has 1 aromatic carbocycles. The van der Waals surface area contributed by atoms with Crippen LogP contribution in [0.25, 0.3) is 0 Å². The van der Waals surface area contributed by atoms with Gasteiger partial charge in [0.05, 0.1) is 18.5 Å². The summed E-state index contributed by atoms with van der Waals surface area (Å²) in [6, 6.07) is 7.53.